The number of aryl methyl sites for hydroxylation is 1. The summed E-state index contributed by atoms with van der Waals surface area (Å²) in [5.41, 5.74) is 2.78. The molecule has 0 aliphatic rings. The predicted molar refractivity (Wildman–Crippen MR) is 186 cm³/mol. The molecule has 0 aromatic heterocycles. The average Bonchev–Trinajstić information content (AvgIpc) is 3.11. The monoisotopic (exact) mass is 673 g/mol. The van der Waals surface area contributed by atoms with Crippen molar-refractivity contribution in [2.45, 2.75) is 44.2 Å². The molecule has 0 unspecified atom stereocenters. The molecule has 0 aliphatic heterocycles. The van der Waals surface area contributed by atoms with E-state index in [1.54, 1.807) is 49.6 Å². The molecule has 1 N–H and O–H groups in total. The Labute approximate surface area is 283 Å². The van der Waals surface area contributed by atoms with Crippen LogP contribution in [0.2, 0.25) is 0 Å². The number of anilines is 1. The van der Waals surface area contributed by atoms with E-state index >= 15 is 0 Å². The van der Waals surface area contributed by atoms with E-state index in [1.165, 1.54) is 37.3 Å². The molecule has 2 amide bonds. The lowest BCUT2D eigenvalue weighted by atomic mass is 10.0. The van der Waals surface area contributed by atoms with Crippen molar-refractivity contribution in [2.75, 3.05) is 38.7 Å². The Morgan fingerprint density at radius 3 is 2.12 bits per heavy atom. The highest BCUT2D eigenvalue weighted by atomic mass is 32.2. The van der Waals surface area contributed by atoms with Crippen molar-refractivity contribution in [3.05, 3.63) is 114 Å². The predicted octanol–water partition coefficient (Wildman–Crippen LogP) is 5.38. The highest BCUT2D eigenvalue weighted by Crippen LogP contribution is 2.32. The van der Waals surface area contributed by atoms with Gasteiger partial charge >= 0.3 is 0 Å². The van der Waals surface area contributed by atoms with Crippen LogP contribution in [0, 0.1) is 6.92 Å². The minimum Gasteiger partial charge on any atom is -0.497 e. The number of nitrogens with zero attached hydrogens (tertiary/aromatic N) is 2. The number of hydrogen-bond donors (Lipinski definition) is 1. The Balaban J connectivity index is 1.82. The maximum atomic E-state index is 14.6. The number of hydrogen-bond acceptors (Lipinski definition) is 7. The Kier molecular flexibility index (Phi) is 12.5. The van der Waals surface area contributed by atoms with Gasteiger partial charge in [0.15, 0.2) is 11.5 Å². The fourth-order valence-corrected chi connectivity index (χ4v) is 6.66. The second kappa shape index (κ2) is 16.7. The minimum atomic E-state index is -4.33. The molecule has 0 bridgehead atoms. The summed E-state index contributed by atoms with van der Waals surface area (Å²) in [6.07, 6.45) is 0.928. The van der Waals surface area contributed by atoms with Crippen LogP contribution in [-0.4, -0.2) is 65.6 Å². The Hall–Kier alpha value is -5.03. The summed E-state index contributed by atoms with van der Waals surface area (Å²) in [7, 11) is 0.107. The summed E-state index contributed by atoms with van der Waals surface area (Å²) in [6, 6.07) is 26.9. The Morgan fingerprint density at radius 1 is 0.792 bits per heavy atom. The second-order valence-corrected chi connectivity index (χ2v) is 13.1. The molecule has 11 heteroatoms. The van der Waals surface area contributed by atoms with Crippen LogP contribution in [0.25, 0.3) is 0 Å². The van der Waals surface area contributed by atoms with Crippen molar-refractivity contribution in [2.24, 2.45) is 0 Å². The van der Waals surface area contributed by atoms with Gasteiger partial charge < -0.3 is 24.4 Å². The number of nitrogens with one attached hydrogen (secondary N) is 1. The minimum absolute atomic E-state index is 0.0330. The van der Waals surface area contributed by atoms with Crippen LogP contribution in [0.1, 0.15) is 30.0 Å². The number of benzene rings is 4. The van der Waals surface area contributed by atoms with Crippen molar-refractivity contribution >= 4 is 27.5 Å². The molecule has 4 aromatic rings. The molecular weight excluding hydrogens is 630 g/mol. The van der Waals surface area contributed by atoms with Gasteiger partial charge in [-0.25, -0.2) is 8.42 Å². The fraction of sp³-hybridized carbons (Fsp3) is 0.297. The molecule has 0 saturated carbocycles. The Morgan fingerprint density at radius 2 is 1.48 bits per heavy atom. The molecule has 0 spiro atoms. The van der Waals surface area contributed by atoms with Crippen LogP contribution in [0.5, 0.6) is 17.2 Å². The lowest BCUT2D eigenvalue weighted by molar-refractivity contribution is -0.140. The summed E-state index contributed by atoms with van der Waals surface area (Å²) >= 11 is 0. The van der Waals surface area contributed by atoms with Crippen molar-refractivity contribution < 1.29 is 32.2 Å². The number of methoxy groups -OCH3 is 3. The fourth-order valence-electron chi connectivity index (χ4n) is 5.23. The van der Waals surface area contributed by atoms with Crippen molar-refractivity contribution in [1.82, 2.24) is 10.2 Å². The molecule has 0 saturated heterocycles. The summed E-state index contributed by atoms with van der Waals surface area (Å²) in [4.78, 5) is 29.8. The third-order valence-corrected chi connectivity index (χ3v) is 9.62. The van der Waals surface area contributed by atoms with Gasteiger partial charge in [0.1, 0.15) is 18.3 Å². The first kappa shape index (κ1) is 35.8. The average molecular weight is 674 g/mol. The van der Waals surface area contributed by atoms with Crippen molar-refractivity contribution in [3.63, 3.8) is 0 Å². The molecule has 4 aromatic carbocycles. The first-order valence-electron chi connectivity index (χ1n) is 15.7. The number of rotatable bonds is 16. The molecule has 0 fully saturated rings. The zero-order valence-electron chi connectivity index (χ0n) is 28.0. The largest absolute Gasteiger partial charge is 0.497 e. The summed E-state index contributed by atoms with van der Waals surface area (Å²) < 4.78 is 46.0. The van der Waals surface area contributed by atoms with Gasteiger partial charge in [-0.2, -0.15) is 0 Å². The molecular formula is C37H43N3O7S. The van der Waals surface area contributed by atoms with Crippen LogP contribution < -0.4 is 23.8 Å². The van der Waals surface area contributed by atoms with E-state index in [0.29, 0.717) is 35.7 Å². The highest BCUT2D eigenvalue weighted by molar-refractivity contribution is 7.92. The van der Waals surface area contributed by atoms with E-state index in [4.69, 9.17) is 14.2 Å². The van der Waals surface area contributed by atoms with Crippen LogP contribution in [0.3, 0.4) is 0 Å². The van der Waals surface area contributed by atoms with E-state index in [2.05, 4.69) is 5.32 Å². The van der Waals surface area contributed by atoms with E-state index in [0.717, 1.165) is 15.4 Å². The van der Waals surface area contributed by atoms with Gasteiger partial charge in [0, 0.05) is 25.6 Å². The first-order chi connectivity index (χ1) is 23.1. The number of ether oxygens (including phenoxy) is 3. The molecule has 10 nitrogen and oxygen atoms in total. The summed E-state index contributed by atoms with van der Waals surface area (Å²) in [6.45, 7) is 3.72. The number of sulfonamides is 1. The van der Waals surface area contributed by atoms with E-state index < -0.39 is 28.5 Å². The van der Waals surface area contributed by atoms with Gasteiger partial charge in [0.05, 0.1) is 31.9 Å². The standard InChI is InChI=1S/C37H43N3O7S/c1-6-21-38-37(42)33(23-28-11-8-7-9-12-28)39(25-29-13-10-14-31(22-29)45-3)36(41)26-40(30-17-15-27(2)16-18-30)48(43,44)32-19-20-34(46-4)35(24-32)47-5/h7-20,22,24,33H,6,21,23,25-26H2,1-5H3,(H,38,42)/t33-/m0/s1. The van der Waals surface area contributed by atoms with Crippen molar-refractivity contribution in [3.8, 4) is 17.2 Å². The van der Waals surface area contributed by atoms with E-state index in [1.807, 2.05) is 50.2 Å². The maximum Gasteiger partial charge on any atom is 0.264 e. The van der Waals surface area contributed by atoms with Gasteiger partial charge in [-0.05, 0) is 60.9 Å². The van der Waals surface area contributed by atoms with Gasteiger partial charge in [0.2, 0.25) is 11.8 Å². The molecule has 4 rings (SSSR count). The normalized spacial score (nSPS) is 11.7. The zero-order valence-corrected chi connectivity index (χ0v) is 28.8. The summed E-state index contributed by atoms with van der Waals surface area (Å²) in [5.74, 6) is 0.286. The van der Waals surface area contributed by atoms with E-state index in [-0.39, 0.29) is 29.5 Å². The zero-order chi connectivity index (χ0) is 34.7. The van der Waals surface area contributed by atoms with E-state index in [9.17, 15) is 18.0 Å². The lowest BCUT2D eigenvalue weighted by Gasteiger charge is -2.34. The van der Waals surface area contributed by atoms with Gasteiger partial charge in [-0.15, -0.1) is 0 Å². The smallest absolute Gasteiger partial charge is 0.264 e. The second-order valence-electron chi connectivity index (χ2n) is 11.2. The number of amides is 2. The quantitative estimate of drug-likeness (QED) is 0.170. The number of carbonyl (C=O) groups excluding carboxylic acids is 2. The molecule has 48 heavy (non-hydrogen) atoms. The number of carbonyl (C=O) groups is 2. The van der Waals surface area contributed by atoms with Gasteiger partial charge in [-0.3, -0.25) is 13.9 Å². The van der Waals surface area contributed by atoms with Gasteiger partial charge in [0.25, 0.3) is 10.0 Å². The topological polar surface area (TPSA) is 114 Å². The third-order valence-electron chi connectivity index (χ3n) is 7.85. The van der Waals surface area contributed by atoms with Crippen LogP contribution in [0.4, 0.5) is 5.69 Å². The first-order valence-corrected chi connectivity index (χ1v) is 17.1. The van der Waals surface area contributed by atoms with Crippen LogP contribution in [0.15, 0.2) is 102 Å². The summed E-state index contributed by atoms with van der Waals surface area (Å²) in [5, 5.41) is 2.95. The lowest BCUT2D eigenvalue weighted by Crippen LogP contribution is -2.53. The van der Waals surface area contributed by atoms with Crippen molar-refractivity contribution in [1.29, 1.82) is 0 Å². The molecule has 1 atom stereocenters. The molecule has 0 aliphatic carbocycles. The van der Waals surface area contributed by atoms with Crippen LogP contribution in [-0.2, 0) is 32.6 Å². The van der Waals surface area contributed by atoms with Gasteiger partial charge in [-0.1, -0.05) is 67.1 Å². The molecule has 0 heterocycles. The molecule has 254 valence electrons. The Bertz CT molecular complexity index is 1780. The highest BCUT2D eigenvalue weighted by Gasteiger charge is 2.35. The van der Waals surface area contributed by atoms with Crippen LogP contribution >= 0.6 is 0 Å². The SMILES string of the molecule is CCCNC(=O)[C@H](Cc1ccccc1)N(Cc1cccc(OC)c1)C(=O)CN(c1ccc(C)cc1)S(=O)(=O)c1ccc(OC)c(OC)c1. The maximum absolute atomic E-state index is 14.6. The molecule has 0 radical (unpaired) electrons. The third kappa shape index (κ3) is 8.86.